The molecule has 1 unspecified atom stereocenters. The van der Waals surface area contributed by atoms with Gasteiger partial charge in [-0.05, 0) is 40.3 Å². The zero-order chi connectivity index (χ0) is 18.6. The molecule has 138 valence electrons. The van der Waals surface area contributed by atoms with Gasteiger partial charge in [0.15, 0.2) is 0 Å². The molecule has 1 aliphatic rings. The van der Waals surface area contributed by atoms with E-state index in [9.17, 15) is 9.90 Å². The van der Waals surface area contributed by atoms with Crippen LogP contribution in [0.25, 0.3) is 11.1 Å². The molecule has 0 spiro atoms. The fourth-order valence-corrected chi connectivity index (χ4v) is 3.66. The van der Waals surface area contributed by atoms with Crippen LogP contribution in [0.3, 0.4) is 0 Å². The number of carbonyl (C=O) groups excluding carboxylic acids is 1. The third-order valence-electron chi connectivity index (χ3n) is 4.95. The first-order valence-electron chi connectivity index (χ1n) is 8.99. The van der Waals surface area contributed by atoms with Crippen molar-refractivity contribution in [3.8, 4) is 11.1 Å². The van der Waals surface area contributed by atoms with Crippen molar-refractivity contribution < 1.29 is 19.1 Å². The van der Waals surface area contributed by atoms with Crippen LogP contribution in [0.1, 0.15) is 22.6 Å². The quantitative estimate of drug-likeness (QED) is 0.700. The van der Waals surface area contributed by atoms with Gasteiger partial charge in [0.1, 0.15) is 6.61 Å². The molecule has 0 saturated carbocycles. The van der Waals surface area contributed by atoms with Gasteiger partial charge in [0.25, 0.3) is 0 Å². The standard InChI is InChI=1S/C22H21NO4/c24-12-16(11-15-9-10-26-13-15)23-22(25)27-14-21-19-7-3-1-5-17(19)18-6-2-4-8-20(18)21/h1-10,13,16,21,24H,11-12,14H2,(H,23,25). The predicted octanol–water partition coefficient (Wildman–Crippen LogP) is 3.72. The molecule has 2 N–H and O–H groups in total. The maximum atomic E-state index is 12.3. The molecule has 3 aromatic rings. The van der Waals surface area contributed by atoms with E-state index in [1.807, 2.05) is 30.3 Å². The Hall–Kier alpha value is -3.05. The molecular formula is C22H21NO4. The molecule has 1 aromatic heterocycles. The molecule has 4 rings (SSSR count). The summed E-state index contributed by atoms with van der Waals surface area (Å²) in [6.07, 6.45) is 3.12. The summed E-state index contributed by atoms with van der Waals surface area (Å²) in [7, 11) is 0. The van der Waals surface area contributed by atoms with Crippen molar-refractivity contribution in [3.63, 3.8) is 0 Å². The SMILES string of the molecule is O=C(NC(CO)Cc1ccoc1)OCC1c2ccccc2-c2ccccc21. The van der Waals surface area contributed by atoms with Gasteiger partial charge in [-0.3, -0.25) is 0 Å². The highest BCUT2D eigenvalue weighted by molar-refractivity contribution is 5.79. The topological polar surface area (TPSA) is 71.7 Å². The Morgan fingerprint density at radius 3 is 2.33 bits per heavy atom. The smallest absolute Gasteiger partial charge is 0.407 e. The Kier molecular flexibility index (Phi) is 4.94. The molecule has 5 heteroatoms. The maximum absolute atomic E-state index is 12.3. The first-order chi connectivity index (χ1) is 13.3. The molecule has 0 fully saturated rings. The van der Waals surface area contributed by atoms with Gasteiger partial charge in [-0.1, -0.05) is 48.5 Å². The van der Waals surface area contributed by atoms with Crippen LogP contribution in [0, 0.1) is 0 Å². The van der Waals surface area contributed by atoms with E-state index >= 15 is 0 Å². The number of amides is 1. The van der Waals surface area contributed by atoms with E-state index in [2.05, 4.69) is 29.6 Å². The number of furan rings is 1. The minimum Gasteiger partial charge on any atom is -0.472 e. The molecule has 27 heavy (non-hydrogen) atoms. The van der Waals surface area contributed by atoms with Gasteiger partial charge in [0, 0.05) is 5.92 Å². The van der Waals surface area contributed by atoms with Crippen LogP contribution in [0.4, 0.5) is 4.79 Å². The lowest BCUT2D eigenvalue weighted by Crippen LogP contribution is -2.39. The largest absolute Gasteiger partial charge is 0.472 e. The number of nitrogens with one attached hydrogen (secondary N) is 1. The van der Waals surface area contributed by atoms with Crippen LogP contribution in [0.5, 0.6) is 0 Å². The van der Waals surface area contributed by atoms with Gasteiger partial charge in [-0.2, -0.15) is 0 Å². The Morgan fingerprint density at radius 2 is 1.74 bits per heavy atom. The van der Waals surface area contributed by atoms with E-state index in [0.717, 1.165) is 5.56 Å². The van der Waals surface area contributed by atoms with Crippen molar-refractivity contribution in [2.45, 2.75) is 18.4 Å². The normalized spacial score (nSPS) is 13.7. The molecule has 1 amide bonds. The number of hydrogen-bond acceptors (Lipinski definition) is 4. The van der Waals surface area contributed by atoms with Crippen LogP contribution in [-0.2, 0) is 11.2 Å². The van der Waals surface area contributed by atoms with Gasteiger partial charge in [0.05, 0.1) is 25.2 Å². The summed E-state index contributed by atoms with van der Waals surface area (Å²) in [5.41, 5.74) is 5.63. The van der Waals surface area contributed by atoms with Crippen LogP contribution in [0.15, 0.2) is 71.5 Å². The fraction of sp³-hybridized carbons (Fsp3) is 0.227. The van der Waals surface area contributed by atoms with Crippen molar-refractivity contribution in [2.24, 2.45) is 0 Å². The highest BCUT2D eigenvalue weighted by atomic mass is 16.5. The summed E-state index contributed by atoms with van der Waals surface area (Å²) >= 11 is 0. The zero-order valence-electron chi connectivity index (χ0n) is 14.8. The molecule has 1 heterocycles. The van der Waals surface area contributed by atoms with Crippen LogP contribution in [-0.4, -0.2) is 30.5 Å². The van der Waals surface area contributed by atoms with Crippen LogP contribution in [0.2, 0.25) is 0 Å². The molecule has 0 aliphatic heterocycles. The second kappa shape index (κ2) is 7.68. The highest BCUT2D eigenvalue weighted by Gasteiger charge is 2.29. The summed E-state index contributed by atoms with van der Waals surface area (Å²) in [4.78, 5) is 12.3. The number of fused-ring (bicyclic) bond motifs is 3. The number of carbonyl (C=O) groups is 1. The Morgan fingerprint density at radius 1 is 1.07 bits per heavy atom. The van der Waals surface area contributed by atoms with E-state index < -0.39 is 12.1 Å². The number of alkyl carbamates (subject to hydrolysis) is 1. The summed E-state index contributed by atoms with van der Waals surface area (Å²) in [6.45, 7) is 0.0824. The van der Waals surface area contributed by atoms with Crippen molar-refractivity contribution in [3.05, 3.63) is 83.8 Å². The minimum atomic E-state index is -0.528. The third kappa shape index (κ3) is 3.59. The second-order valence-electron chi connectivity index (χ2n) is 6.69. The molecule has 5 nitrogen and oxygen atoms in total. The molecule has 0 radical (unpaired) electrons. The number of ether oxygens (including phenoxy) is 1. The average Bonchev–Trinajstić information content (AvgIpc) is 3.32. The predicted molar refractivity (Wildman–Crippen MR) is 101 cm³/mol. The summed E-state index contributed by atoms with van der Waals surface area (Å²) in [6, 6.07) is 17.8. The van der Waals surface area contributed by atoms with Gasteiger partial charge in [-0.15, -0.1) is 0 Å². The number of rotatable bonds is 6. The van der Waals surface area contributed by atoms with E-state index in [1.165, 1.54) is 22.3 Å². The number of aliphatic hydroxyl groups excluding tert-OH is 1. The van der Waals surface area contributed by atoms with Crippen molar-refractivity contribution in [1.29, 1.82) is 0 Å². The average molecular weight is 363 g/mol. The van der Waals surface area contributed by atoms with E-state index in [-0.39, 0.29) is 19.1 Å². The molecule has 0 saturated heterocycles. The van der Waals surface area contributed by atoms with Crippen molar-refractivity contribution >= 4 is 6.09 Å². The van der Waals surface area contributed by atoms with Crippen LogP contribution < -0.4 is 5.32 Å². The molecular weight excluding hydrogens is 342 g/mol. The van der Waals surface area contributed by atoms with Crippen molar-refractivity contribution in [2.75, 3.05) is 13.2 Å². The number of hydrogen-bond donors (Lipinski definition) is 2. The number of benzene rings is 2. The molecule has 1 atom stereocenters. The second-order valence-corrected chi connectivity index (χ2v) is 6.69. The van der Waals surface area contributed by atoms with E-state index in [4.69, 9.17) is 9.15 Å². The number of aliphatic hydroxyl groups is 1. The van der Waals surface area contributed by atoms with Gasteiger partial charge >= 0.3 is 6.09 Å². The van der Waals surface area contributed by atoms with Crippen molar-refractivity contribution in [1.82, 2.24) is 5.32 Å². The maximum Gasteiger partial charge on any atom is 0.407 e. The summed E-state index contributed by atoms with van der Waals surface area (Å²) < 4.78 is 10.5. The highest BCUT2D eigenvalue weighted by Crippen LogP contribution is 2.44. The first-order valence-corrected chi connectivity index (χ1v) is 8.99. The Bertz CT molecular complexity index is 874. The molecule has 2 aromatic carbocycles. The van der Waals surface area contributed by atoms with E-state index in [1.54, 1.807) is 12.5 Å². The Balaban J connectivity index is 1.42. The lowest BCUT2D eigenvalue weighted by Gasteiger charge is -2.18. The molecule has 1 aliphatic carbocycles. The van der Waals surface area contributed by atoms with Crippen LogP contribution >= 0.6 is 0 Å². The zero-order valence-corrected chi connectivity index (χ0v) is 14.8. The minimum absolute atomic E-state index is 0.0181. The van der Waals surface area contributed by atoms with Gasteiger partial charge in [-0.25, -0.2) is 4.79 Å². The fourth-order valence-electron chi connectivity index (χ4n) is 3.66. The summed E-state index contributed by atoms with van der Waals surface area (Å²) in [5, 5.41) is 12.2. The monoisotopic (exact) mass is 363 g/mol. The molecule has 0 bridgehead atoms. The Labute approximate surface area is 157 Å². The van der Waals surface area contributed by atoms with Gasteiger partial charge < -0.3 is 19.6 Å². The first kappa shape index (κ1) is 17.4. The lowest BCUT2D eigenvalue weighted by molar-refractivity contribution is 0.132. The van der Waals surface area contributed by atoms with E-state index in [0.29, 0.717) is 6.42 Å². The summed E-state index contributed by atoms with van der Waals surface area (Å²) in [5.74, 6) is 0.0181. The lowest BCUT2D eigenvalue weighted by atomic mass is 9.98. The van der Waals surface area contributed by atoms with Gasteiger partial charge in [0.2, 0.25) is 0 Å². The third-order valence-corrected chi connectivity index (χ3v) is 4.95.